The van der Waals surface area contributed by atoms with E-state index in [-0.39, 0.29) is 54.0 Å². The molecule has 5 rings (SSSR count). The summed E-state index contributed by atoms with van der Waals surface area (Å²) in [5, 5.41) is 13.1. The van der Waals surface area contributed by atoms with Crippen molar-refractivity contribution < 1.29 is 23.9 Å². The number of hydrogen-bond acceptors (Lipinski definition) is 7. The fourth-order valence-corrected chi connectivity index (χ4v) is 7.51. The van der Waals surface area contributed by atoms with Gasteiger partial charge in [0.05, 0.1) is 17.6 Å². The monoisotopic (exact) mass is 611 g/mol. The van der Waals surface area contributed by atoms with Crippen LogP contribution in [0, 0.1) is 39.2 Å². The highest BCUT2D eigenvalue weighted by Crippen LogP contribution is 2.65. The lowest BCUT2D eigenvalue weighted by Crippen LogP contribution is -2.65. The van der Waals surface area contributed by atoms with E-state index in [9.17, 15) is 19.7 Å². The molecule has 3 saturated carbocycles. The van der Waals surface area contributed by atoms with Gasteiger partial charge in [-0.05, 0) is 73.7 Å². The van der Waals surface area contributed by atoms with Crippen LogP contribution >= 0.6 is 0 Å². The maximum absolute atomic E-state index is 13.9. The Labute approximate surface area is 261 Å². The predicted octanol–water partition coefficient (Wildman–Crippen LogP) is 4.67. The van der Waals surface area contributed by atoms with Crippen LogP contribution in [0.3, 0.4) is 0 Å². The molecule has 1 heterocycles. The van der Waals surface area contributed by atoms with Crippen molar-refractivity contribution in [1.82, 2.24) is 10.7 Å². The molecule has 4 N–H and O–H groups in total. The van der Waals surface area contributed by atoms with Crippen molar-refractivity contribution in [3.63, 3.8) is 0 Å². The highest BCUT2D eigenvalue weighted by Gasteiger charge is 2.68. The Morgan fingerprint density at radius 3 is 2.43 bits per heavy atom. The topological polar surface area (TPSA) is 158 Å². The van der Waals surface area contributed by atoms with Gasteiger partial charge in [0.2, 0.25) is 5.91 Å². The van der Waals surface area contributed by atoms with E-state index in [0.717, 1.165) is 18.4 Å². The minimum Gasteiger partial charge on any atom is -0.404 e. The fraction of sp³-hybridized carbons (Fsp3) is 0.719. The van der Waals surface area contributed by atoms with Crippen molar-refractivity contribution in [3.8, 4) is 0 Å². The number of nitrogens with zero attached hydrogens (tertiary/aromatic N) is 2. The number of nitrogens with one attached hydrogen (secondary N) is 2. The third-order valence-electron chi connectivity index (χ3n) is 10.3. The van der Waals surface area contributed by atoms with Gasteiger partial charge in [0.15, 0.2) is 10.8 Å². The van der Waals surface area contributed by atoms with Crippen molar-refractivity contribution in [2.75, 3.05) is 6.54 Å². The highest BCUT2D eigenvalue weighted by molar-refractivity contribution is 6.47. The number of aliphatic imine (C=N–C) groups is 1. The van der Waals surface area contributed by atoms with E-state index in [0.29, 0.717) is 42.6 Å². The zero-order valence-corrected chi connectivity index (χ0v) is 27.3. The van der Waals surface area contributed by atoms with Crippen molar-refractivity contribution in [3.05, 3.63) is 45.5 Å². The number of Topliss-reactive ketones (excluding diaryl/α,β-unsaturated/α-hetero) is 1. The van der Waals surface area contributed by atoms with E-state index < -0.39 is 23.7 Å². The first-order chi connectivity index (χ1) is 20.6. The predicted molar refractivity (Wildman–Crippen MR) is 170 cm³/mol. The smallest absolute Gasteiger partial charge is 0.404 e. The molecule has 242 valence electrons. The van der Waals surface area contributed by atoms with Gasteiger partial charge in [-0.2, -0.15) is 0 Å². The van der Waals surface area contributed by atoms with Crippen molar-refractivity contribution in [1.29, 1.82) is 0 Å². The summed E-state index contributed by atoms with van der Waals surface area (Å²) in [6.07, 6.45) is 3.57. The molecular formula is C32H50BN5O6. The summed E-state index contributed by atoms with van der Waals surface area (Å²) in [4.78, 5) is 41.9. The lowest BCUT2D eigenvalue weighted by molar-refractivity contribution is -0.525. The van der Waals surface area contributed by atoms with E-state index in [1.807, 2.05) is 29.7 Å². The van der Waals surface area contributed by atoms with Crippen LogP contribution in [0.1, 0.15) is 109 Å². The molecule has 11 nitrogen and oxygen atoms in total. The summed E-state index contributed by atoms with van der Waals surface area (Å²) in [7, 11) is -0.566. The molecule has 0 spiro atoms. The second-order valence-corrected chi connectivity index (χ2v) is 14.5. The van der Waals surface area contributed by atoms with Gasteiger partial charge in [-0.1, -0.05) is 71.2 Å². The number of hydrogen-bond donors (Lipinski definition) is 3. The largest absolute Gasteiger partial charge is 0.481 e. The average molecular weight is 612 g/mol. The maximum atomic E-state index is 13.9. The van der Waals surface area contributed by atoms with Crippen LogP contribution in [0.2, 0.25) is 0 Å². The molecule has 0 unspecified atom stereocenters. The molecule has 0 radical (unpaired) electrons. The number of rotatable bonds is 14. The lowest BCUT2D eigenvalue weighted by atomic mass is 9.43. The molecule has 1 aromatic carbocycles. The molecule has 1 aromatic rings. The van der Waals surface area contributed by atoms with Gasteiger partial charge in [-0.15, -0.1) is 0 Å². The standard InChI is InChI=1S/C32H50BN5O6/c1-19(2)15-28(33-43-27-18-24-17-26(31(24,5)6)32(27,7)44-33)36-29(40)23(9-8-14-35-30(34)37-38(41)42)16-25(39)22-12-10-21(11-13-22)20(3)4/h10-13,19-20,23-24,26-28H,8-9,14-18H2,1-7H3,(H,36,40)(H3,34,35,37)/t23-,24-,26-,27-,28+,32+/m1/s1. The SMILES string of the molecule is CC(C)C[C@H](NC(=O)[C@H](CCCN=C(N)N[N+](=O)[O-])CC(=O)c1ccc(C(C)C)cc1)B1O[C@@H]2C[C@H]3C[C@H](C3(C)C)[C@]2(C)O1. The number of guanidine groups is 1. The first-order valence-electron chi connectivity index (χ1n) is 16.1. The Bertz CT molecular complexity index is 1240. The van der Waals surface area contributed by atoms with Crippen molar-refractivity contribution in [2.24, 2.45) is 39.8 Å². The van der Waals surface area contributed by atoms with Crippen LogP contribution in [0.4, 0.5) is 0 Å². The Kier molecular flexibility index (Phi) is 10.4. The third kappa shape index (κ3) is 7.45. The summed E-state index contributed by atoms with van der Waals surface area (Å²) in [6.45, 7) is 15.4. The molecule has 4 aliphatic rings. The van der Waals surface area contributed by atoms with Gasteiger partial charge in [0.1, 0.15) is 0 Å². The first-order valence-corrected chi connectivity index (χ1v) is 16.1. The van der Waals surface area contributed by atoms with Crippen molar-refractivity contribution >= 4 is 24.8 Å². The van der Waals surface area contributed by atoms with Crippen LogP contribution < -0.4 is 16.5 Å². The summed E-state index contributed by atoms with van der Waals surface area (Å²) in [6, 6.07) is 7.54. The molecule has 3 aliphatic carbocycles. The van der Waals surface area contributed by atoms with Crippen LogP contribution in [-0.4, -0.2) is 54.0 Å². The Morgan fingerprint density at radius 1 is 1.16 bits per heavy atom. The second-order valence-electron chi connectivity index (χ2n) is 14.5. The van der Waals surface area contributed by atoms with Crippen LogP contribution in [0.15, 0.2) is 29.3 Å². The summed E-state index contributed by atoms with van der Waals surface area (Å²) in [5.74, 6) is -0.0132. The Morgan fingerprint density at radius 2 is 1.84 bits per heavy atom. The van der Waals surface area contributed by atoms with E-state index in [1.54, 1.807) is 0 Å². The molecule has 44 heavy (non-hydrogen) atoms. The minimum absolute atomic E-state index is 0.00174. The number of amides is 1. The third-order valence-corrected chi connectivity index (χ3v) is 10.3. The van der Waals surface area contributed by atoms with Gasteiger partial charge in [0, 0.05) is 24.4 Å². The number of nitrogens with two attached hydrogens (primary N) is 1. The molecule has 1 saturated heterocycles. The zero-order valence-electron chi connectivity index (χ0n) is 27.3. The average Bonchev–Trinajstić information content (AvgIpc) is 3.30. The molecule has 1 amide bonds. The van der Waals surface area contributed by atoms with Gasteiger partial charge < -0.3 is 20.4 Å². The number of nitro groups is 1. The van der Waals surface area contributed by atoms with Gasteiger partial charge in [-0.25, -0.2) is 15.1 Å². The van der Waals surface area contributed by atoms with Crippen LogP contribution in [-0.2, 0) is 14.1 Å². The summed E-state index contributed by atoms with van der Waals surface area (Å²) in [5.41, 5.74) is 8.88. The van der Waals surface area contributed by atoms with Gasteiger partial charge in [-0.3, -0.25) is 9.59 Å². The van der Waals surface area contributed by atoms with Crippen LogP contribution in [0.25, 0.3) is 0 Å². The lowest BCUT2D eigenvalue weighted by Gasteiger charge is -2.64. The minimum atomic E-state index is -0.777. The molecule has 0 aromatic heterocycles. The zero-order chi connectivity index (χ0) is 32.4. The number of ketones is 1. The molecule has 1 aliphatic heterocycles. The number of hydrazine groups is 1. The molecular weight excluding hydrogens is 561 g/mol. The first kappa shape index (κ1) is 33.9. The van der Waals surface area contributed by atoms with Crippen molar-refractivity contribution in [2.45, 2.75) is 111 Å². The van der Waals surface area contributed by atoms with E-state index in [1.165, 1.54) is 0 Å². The number of carbonyl (C=O) groups is 2. The maximum Gasteiger partial charge on any atom is 0.481 e. The highest BCUT2D eigenvalue weighted by atomic mass is 16.7. The number of carbonyl (C=O) groups excluding carboxylic acids is 2. The number of benzene rings is 1. The molecule has 12 heteroatoms. The molecule has 4 fully saturated rings. The summed E-state index contributed by atoms with van der Waals surface area (Å²) >= 11 is 0. The quantitative estimate of drug-likeness (QED) is 0.0521. The molecule has 2 bridgehead atoms. The van der Waals surface area contributed by atoms with E-state index in [4.69, 9.17) is 15.0 Å². The summed E-state index contributed by atoms with van der Waals surface area (Å²) < 4.78 is 13.3. The normalized spacial score (nSPS) is 27.0. The van der Waals surface area contributed by atoms with Gasteiger partial charge >= 0.3 is 7.12 Å². The Hall–Kier alpha value is -2.99. The van der Waals surface area contributed by atoms with E-state index in [2.05, 4.69) is 58.8 Å². The fourth-order valence-electron chi connectivity index (χ4n) is 7.51. The van der Waals surface area contributed by atoms with Crippen LogP contribution in [0.5, 0.6) is 0 Å². The second kappa shape index (κ2) is 13.6. The van der Waals surface area contributed by atoms with E-state index >= 15 is 0 Å². The molecule has 6 atom stereocenters. The Balaban J connectivity index is 1.48. The van der Waals surface area contributed by atoms with Gasteiger partial charge in [0.25, 0.3) is 5.96 Å².